The summed E-state index contributed by atoms with van der Waals surface area (Å²) in [4.78, 5) is 12.5. The van der Waals surface area contributed by atoms with E-state index in [0.717, 1.165) is 17.0 Å². The number of benzene rings is 1. The molecule has 0 saturated heterocycles. The number of halogens is 4. The number of nitrogens with one attached hydrogen (secondary N) is 1. The van der Waals surface area contributed by atoms with E-state index in [1.165, 1.54) is 12.1 Å². The Kier molecular flexibility index (Phi) is 5.90. The van der Waals surface area contributed by atoms with Crippen LogP contribution in [0.2, 0.25) is 0 Å². The van der Waals surface area contributed by atoms with E-state index in [2.05, 4.69) is 5.32 Å². The van der Waals surface area contributed by atoms with Gasteiger partial charge in [0.25, 0.3) is 0 Å². The largest absolute Gasteiger partial charge is 0.401 e. The lowest BCUT2D eigenvalue weighted by Gasteiger charge is -2.22. The number of carbonyl (C=O) groups is 1. The van der Waals surface area contributed by atoms with Crippen molar-refractivity contribution in [2.45, 2.75) is 6.18 Å². The third kappa shape index (κ3) is 6.48. The summed E-state index contributed by atoms with van der Waals surface area (Å²) < 4.78 is 49.5. The second-order valence-corrected chi connectivity index (χ2v) is 4.17. The van der Waals surface area contributed by atoms with Crippen LogP contribution in [0.15, 0.2) is 24.3 Å². The third-order valence-corrected chi connectivity index (χ3v) is 2.34. The van der Waals surface area contributed by atoms with Crippen LogP contribution in [0.25, 0.3) is 0 Å². The molecule has 4 nitrogen and oxygen atoms in total. The van der Waals surface area contributed by atoms with Gasteiger partial charge in [-0.05, 0) is 24.3 Å². The molecule has 1 aromatic carbocycles. The van der Waals surface area contributed by atoms with Crippen LogP contribution < -0.4 is 11.1 Å². The van der Waals surface area contributed by atoms with Crippen LogP contribution in [0.5, 0.6) is 0 Å². The van der Waals surface area contributed by atoms with Gasteiger partial charge in [-0.25, -0.2) is 4.39 Å². The number of carbonyl (C=O) groups excluding carboxylic acids is 1. The molecule has 112 valence electrons. The van der Waals surface area contributed by atoms with Gasteiger partial charge in [0.05, 0.1) is 13.1 Å². The van der Waals surface area contributed by atoms with Gasteiger partial charge < -0.3 is 11.1 Å². The Morgan fingerprint density at radius 1 is 1.25 bits per heavy atom. The molecule has 0 heterocycles. The van der Waals surface area contributed by atoms with Gasteiger partial charge in [-0.3, -0.25) is 9.69 Å². The molecule has 1 rings (SSSR count). The van der Waals surface area contributed by atoms with Crippen LogP contribution in [0.3, 0.4) is 0 Å². The first-order chi connectivity index (χ1) is 9.30. The van der Waals surface area contributed by atoms with Crippen molar-refractivity contribution in [1.29, 1.82) is 0 Å². The van der Waals surface area contributed by atoms with Crippen LogP contribution in [0.1, 0.15) is 0 Å². The van der Waals surface area contributed by atoms with E-state index in [0.29, 0.717) is 5.69 Å². The van der Waals surface area contributed by atoms with Crippen molar-refractivity contribution < 1.29 is 22.4 Å². The molecule has 0 unspecified atom stereocenters. The summed E-state index contributed by atoms with van der Waals surface area (Å²) in [6, 6.07) is 4.93. The van der Waals surface area contributed by atoms with Crippen molar-refractivity contribution >= 4 is 11.6 Å². The molecular weight excluding hydrogens is 278 g/mol. The average molecular weight is 293 g/mol. The molecule has 0 fully saturated rings. The zero-order valence-electron chi connectivity index (χ0n) is 10.6. The first-order valence-corrected chi connectivity index (χ1v) is 5.85. The fourth-order valence-corrected chi connectivity index (χ4v) is 1.59. The van der Waals surface area contributed by atoms with Crippen LogP contribution >= 0.6 is 0 Å². The molecule has 0 atom stereocenters. The Bertz CT molecular complexity index is 433. The summed E-state index contributed by atoms with van der Waals surface area (Å²) in [5, 5.41) is 2.39. The van der Waals surface area contributed by atoms with Crippen molar-refractivity contribution in [3.63, 3.8) is 0 Å². The van der Waals surface area contributed by atoms with E-state index < -0.39 is 31.0 Å². The van der Waals surface area contributed by atoms with Crippen LogP contribution in [-0.2, 0) is 4.79 Å². The van der Waals surface area contributed by atoms with Crippen molar-refractivity contribution in [2.75, 3.05) is 31.5 Å². The summed E-state index contributed by atoms with van der Waals surface area (Å²) >= 11 is 0. The number of amides is 1. The lowest BCUT2D eigenvalue weighted by atomic mass is 10.3. The highest BCUT2D eigenvalue weighted by Gasteiger charge is 2.31. The molecule has 0 saturated carbocycles. The molecular formula is C12H15F4N3O. The summed E-state index contributed by atoms with van der Waals surface area (Å²) in [5.41, 5.74) is 5.53. The summed E-state index contributed by atoms with van der Waals surface area (Å²) in [5.74, 6) is -1.08. The predicted molar refractivity (Wildman–Crippen MR) is 66.6 cm³/mol. The van der Waals surface area contributed by atoms with Gasteiger partial charge in [-0.1, -0.05) is 0 Å². The van der Waals surface area contributed by atoms with Crippen molar-refractivity contribution in [3.05, 3.63) is 30.1 Å². The summed E-state index contributed by atoms with van der Waals surface area (Å²) in [6.45, 7) is -1.68. The SMILES string of the molecule is NCCN(CC(=O)Nc1ccc(F)cc1)CC(F)(F)F. The zero-order valence-corrected chi connectivity index (χ0v) is 10.6. The predicted octanol–water partition coefficient (Wildman–Crippen LogP) is 1.59. The molecule has 0 aliphatic carbocycles. The van der Waals surface area contributed by atoms with E-state index in [1.54, 1.807) is 0 Å². The Balaban J connectivity index is 2.55. The number of alkyl halides is 3. The fourth-order valence-electron chi connectivity index (χ4n) is 1.59. The molecule has 20 heavy (non-hydrogen) atoms. The van der Waals surface area contributed by atoms with Gasteiger partial charge in [0.1, 0.15) is 5.82 Å². The maximum Gasteiger partial charge on any atom is 0.401 e. The van der Waals surface area contributed by atoms with Crippen molar-refractivity contribution in [1.82, 2.24) is 4.90 Å². The minimum absolute atomic E-state index is 0.0138. The Morgan fingerprint density at radius 3 is 2.35 bits per heavy atom. The number of hydrogen-bond acceptors (Lipinski definition) is 3. The third-order valence-electron chi connectivity index (χ3n) is 2.34. The Hall–Kier alpha value is -1.67. The molecule has 0 spiro atoms. The van der Waals surface area contributed by atoms with Crippen LogP contribution in [0, 0.1) is 5.82 Å². The fraction of sp³-hybridized carbons (Fsp3) is 0.417. The number of hydrogen-bond donors (Lipinski definition) is 2. The second-order valence-electron chi connectivity index (χ2n) is 4.17. The summed E-state index contributed by atoms with van der Waals surface area (Å²) in [7, 11) is 0. The maximum absolute atomic E-state index is 12.7. The Labute approximate surface area is 113 Å². The number of nitrogens with zero attached hydrogens (tertiary/aromatic N) is 1. The topological polar surface area (TPSA) is 58.4 Å². The van der Waals surface area contributed by atoms with Crippen molar-refractivity contribution in [3.8, 4) is 0 Å². The smallest absolute Gasteiger partial charge is 0.329 e. The molecule has 3 N–H and O–H groups in total. The monoisotopic (exact) mass is 293 g/mol. The van der Waals surface area contributed by atoms with Gasteiger partial charge in [0.15, 0.2) is 0 Å². The zero-order chi connectivity index (χ0) is 15.2. The first kappa shape index (κ1) is 16.4. The molecule has 0 bridgehead atoms. The normalized spacial score (nSPS) is 11.7. The molecule has 1 aromatic rings. The number of rotatable bonds is 6. The molecule has 1 amide bonds. The van der Waals surface area contributed by atoms with Gasteiger partial charge in [-0.2, -0.15) is 13.2 Å². The Morgan fingerprint density at radius 2 is 1.85 bits per heavy atom. The molecule has 0 aliphatic rings. The lowest BCUT2D eigenvalue weighted by Crippen LogP contribution is -2.42. The van der Waals surface area contributed by atoms with E-state index >= 15 is 0 Å². The van der Waals surface area contributed by atoms with Crippen molar-refractivity contribution in [2.24, 2.45) is 5.73 Å². The van der Waals surface area contributed by atoms with E-state index in [4.69, 9.17) is 5.73 Å². The second kappa shape index (κ2) is 7.20. The van der Waals surface area contributed by atoms with Gasteiger partial charge in [-0.15, -0.1) is 0 Å². The highest BCUT2D eigenvalue weighted by molar-refractivity contribution is 5.92. The molecule has 0 aliphatic heterocycles. The first-order valence-electron chi connectivity index (χ1n) is 5.85. The quantitative estimate of drug-likeness (QED) is 0.783. The standard InChI is InChI=1S/C12H15F4N3O/c13-9-1-3-10(4-2-9)18-11(20)7-19(6-5-17)8-12(14,15)16/h1-4H,5-8,17H2,(H,18,20). The van der Waals surface area contributed by atoms with E-state index in [1.807, 2.05) is 0 Å². The van der Waals surface area contributed by atoms with E-state index in [-0.39, 0.29) is 13.1 Å². The molecule has 0 radical (unpaired) electrons. The minimum atomic E-state index is -4.40. The average Bonchev–Trinajstić information content (AvgIpc) is 2.30. The number of nitrogens with two attached hydrogens (primary N) is 1. The molecule has 0 aromatic heterocycles. The van der Waals surface area contributed by atoms with Crippen LogP contribution in [-0.4, -0.2) is 43.2 Å². The van der Waals surface area contributed by atoms with Crippen LogP contribution in [0.4, 0.5) is 23.2 Å². The highest BCUT2D eigenvalue weighted by atomic mass is 19.4. The maximum atomic E-state index is 12.7. The van der Waals surface area contributed by atoms with Gasteiger partial charge in [0.2, 0.25) is 5.91 Å². The van der Waals surface area contributed by atoms with Gasteiger partial charge in [0, 0.05) is 18.8 Å². The minimum Gasteiger partial charge on any atom is -0.329 e. The highest BCUT2D eigenvalue weighted by Crippen LogP contribution is 2.16. The molecule has 8 heteroatoms. The number of anilines is 1. The van der Waals surface area contributed by atoms with E-state index in [9.17, 15) is 22.4 Å². The lowest BCUT2D eigenvalue weighted by molar-refractivity contribution is -0.147. The van der Waals surface area contributed by atoms with Gasteiger partial charge >= 0.3 is 6.18 Å². The summed E-state index contributed by atoms with van der Waals surface area (Å²) in [6.07, 6.45) is -4.40.